The van der Waals surface area contributed by atoms with Gasteiger partial charge in [-0.3, -0.25) is 4.99 Å². The summed E-state index contributed by atoms with van der Waals surface area (Å²) in [6, 6.07) is 51.9. The molecule has 0 spiro atoms. The van der Waals surface area contributed by atoms with Crippen molar-refractivity contribution in [2.45, 2.75) is 152 Å². The third-order valence-corrected chi connectivity index (χ3v) is 17.4. The summed E-state index contributed by atoms with van der Waals surface area (Å²) in [4.78, 5) is 25.6. The second kappa shape index (κ2) is 42.5. The van der Waals surface area contributed by atoms with Crippen LogP contribution in [0.4, 0.5) is 28.4 Å². The average molecular weight is 1340 g/mol. The van der Waals surface area contributed by atoms with Gasteiger partial charge in [-0.1, -0.05) is 156 Å². The van der Waals surface area contributed by atoms with Crippen LogP contribution < -0.4 is 56.1 Å². The van der Waals surface area contributed by atoms with Crippen molar-refractivity contribution < 1.29 is 29.6 Å². The number of para-hydroxylation sites is 5. The van der Waals surface area contributed by atoms with Crippen LogP contribution in [0.2, 0.25) is 0 Å². The van der Waals surface area contributed by atoms with Crippen molar-refractivity contribution in [3.8, 4) is 28.7 Å². The monoisotopic (exact) mass is 1340 g/mol. The molecule has 0 saturated carbocycles. The molecule has 0 unspecified atom stereocenters. The van der Waals surface area contributed by atoms with Crippen molar-refractivity contribution in [2.24, 2.45) is 16.5 Å². The fourth-order valence-corrected chi connectivity index (χ4v) is 12.8. The van der Waals surface area contributed by atoms with Gasteiger partial charge < -0.3 is 76.2 Å². The number of fused-ring (bicyclic) bond motifs is 5. The number of phenols is 3. The van der Waals surface area contributed by atoms with Gasteiger partial charge in [-0.2, -0.15) is 0 Å². The van der Waals surface area contributed by atoms with Crippen molar-refractivity contribution in [1.29, 1.82) is 0 Å². The number of rotatable bonds is 26. The highest BCUT2D eigenvalue weighted by Gasteiger charge is 2.27. The molecule has 5 aliphatic heterocycles. The number of hydrogen-bond acceptors (Lipinski definition) is 16. The quantitative estimate of drug-likeness (QED) is 0.0199. The molecule has 0 aliphatic carbocycles. The van der Waals surface area contributed by atoms with Gasteiger partial charge >= 0.3 is 0 Å². The van der Waals surface area contributed by atoms with E-state index in [4.69, 9.17) is 20.9 Å². The summed E-state index contributed by atoms with van der Waals surface area (Å²) in [5.41, 5.74) is 26.9. The first-order chi connectivity index (χ1) is 47.0. The number of nitrogens with two attached hydrogens (primary N) is 2. The summed E-state index contributed by atoms with van der Waals surface area (Å²) >= 11 is 0. The average Bonchev–Trinajstić information content (AvgIpc) is 1.67. The maximum atomic E-state index is 9.89. The molecule has 0 atom stereocenters. The number of nitrogens with one attached hydrogen (secondary N) is 2. The summed E-state index contributed by atoms with van der Waals surface area (Å²) in [7, 11) is 0. The number of ketones is 1. The minimum absolute atomic E-state index is 0. The summed E-state index contributed by atoms with van der Waals surface area (Å²) in [5, 5.41) is 36.3. The maximum absolute atomic E-state index is 9.89. The molecule has 16 nitrogen and oxygen atoms in total. The van der Waals surface area contributed by atoms with Crippen LogP contribution in [0.5, 0.6) is 28.7 Å². The number of ether oxygens (including phenoxy) is 2. The predicted molar refractivity (Wildman–Crippen MR) is 413 cm³/mol. The minimum Gasteiger partial charge on any atom is -0.506 e. The van der Waals surface area contributed by atoms with E-state index in [0.717, 1.165) is 190 Å². The van der Waals surface area contributed by atoms with Gasteiger partial charge in [-0.25, -0.2) is 0 Å². The van der Waals surface area contributed by atoms with Gasteiger partial charge in [0.1, 0.15) is 47.7 Å². The first-order valence-electron chi connectivity index (χ1n) is 35.6. The lowest BCUT2D eigenvalue weighted by atomic mass is 10.1. The topological polar surface area (TPSA) is 201 Å². The van der Waals surface area contributed by atoms with Crippen LogP contribution in [-0.2, 0) is 50.1 Å². The van der Waals surface area contributed by atoms with Crippen molar-refractivity contribution in [2.75, 3.05) is 123 Å². The van der Waals surface area contributed by atoms with E-state index in [2.05, 4.69) is 173 Å². The largest absolute Gasteiger partial charge is 0.506 e. The second-order valence-electron chi connectivity index (χ2n) is 26.4. The molecule has 16 heteroatoms. The molecule has 0 bridgehead atoms. The molecular weight excluding hydrogens is 1220 g/mol. The number of carbonyl (C=O) groups excluding carboxylic acids is 1. The molecule has 0 fully saturated rings. The Morgan fingerprint density at radius 2 is 0.724 bits per heavy atom. The molecule has 0 saturated heterocycles. The molecule has 0 aromatic heterocycles. The normalized spacial score (nSPS) is 13.3. The van der Waals surface area contributed by atoms with E-state index in [-0.39, 0.29) is 13.2 Å². The van der Waals surface area contributed by atoms with Gasteiger partial charge in [-0.15, -0.1) is 0 Å². The van der Waals surface area contributed by atoms with E-state index in [0.29, 0.717) is 49.1 Å². The zero-order chi connectivity index (χ0) is 69.3. The first kappa shape index (κ1) is 78.7. The van der Waals surface area contributed by atoms with Crippen LogP contribution in [0, 0.1) is 0 Å². The smallest absolute Gasteiger partial charge is 0.143 e. The Morgan fingerprint density at radius 3 is 1.04 bits per heavy atom. The van der Waals surface area contributed by atoms with E-state index in [1.165, 1.54) is 64.2 Å². The number of anilines is 5. The zero-order valence-electron chi connectivity index (χ0n) is 59.6. The predicted octanol–water partition coefficient (Wildman–Crippen LogP) is 14.1. The molecule has 98 heavy (non-hydrogen) atoms. The van der Waals surface area contributed by atoms with Crippen molar-refractivity contribution >= 4 is 39.9 Å². The zero-order valence-corrected chi connectivity index (χ0v) is 59.6. The number of nitrogens with zero attached hydrogens (tertiary/aromatic N) is 6. The molecule has 9 N–H and O–H groups in total. The van der Waals surface area contributed by atoms with Gasteiger partial charge in [0.25, 0.3) is 0 Å². The third-order valence-electron chi connectivity index (χ3n) is 17.4. The number of hydrogen-bond donors (Lipinski definition) is 7. The molecule has 5 heterocycles. The Kier molecular flexibility index (Phi) is 34.1. The van der Waals surface area contributed by atoms with Crippen molar-refractivity contribution in [3.05, 3.63) is 191 Å². The van der Waals surface area contributed by atoms with Gasteiger partial charge in [-0.05, 0) is 187 Å². The summed E-state index contributed by atoms with van der Waals surface area (Å²) in [5.74, 6) is 3.42. The highest BCUT2D eigenvalue weighted by atomic mass is 16.5. The number of aliphatic imine (C=N–C) groups is 1. The third kappa shape index (κ3) is 25.2. The standard InChI is InChI=1S/C21H26N2O.C18H22N2O.2C14H22N2O.C11H16N2O.C3H6O.CH4/c1-17(2)22-13-7-14-23-15-12-19-10-6-11-20(21(19)23)24-16-18-8-4-3-5-9-18;19-11-5-12-20-13-10-16-8-4-9-17(18(16)20)21-14-15-6-2-1-3-7-15;2*1-11(2)15-8-4-9-16-10-7-12-5-3-6-13(17)14(12)16;12-6-2-7-13-8-5-9-3-1-4-10(14)11(9)13;1-3(2)4;/h3-6,8-11H,7,12-16H2,1-2H3;1-4,6-9H,5,10-14,19H2;2*3,5-6,11,15,17H,4,7-10H2,1-2H3;1,3-4,14H,2,5-8,12H2;1-2H3;1H4. The van der Waals surface area contributed by atoms with E-state index >= 15 is 0 Å². The van der Waals surface area contributed by atoms with Crippen LogP contribution in [0.1, 0.15) is 134 Å². The van der Waals surface area contributed by atoms with Gasteiger partial charge in [0.15, 0.2) is 0 Å². The Labute approximate surface area is 588 Å². The number of benzene rings is 7. The number of carbonyl (C=O) groups is 1. The van der Waals surface area contributed by atoms with E-state index in [1.54, 1.807) is 18.2 Å². The fraction of sp³-hybridized carbons (Fsp3) is 0.463. The molecule has 5 aliphatic rings. The molecule has 0 amide bonds. The number of Topliss-reactive ketones (excluding diaryl/α,β-unsaturated/α-hetero) is 1. The van der Waals surface area contributed by atoms with E-state index in [9.17, 15) is 20.1 Å². The van der Waals surface area contributed by atoms with Crippen LogP contribution in [0.15, 0.2) is 157 Å². The van der Waals surface area contributed by atoms with E-state index in [1.807, 2.05) is 42.5 Å². The van der Waals surface area contributed by atoms with Gasteiger partial charge in [0.05, 0.1) is 28.4 Å². The minimum atomic E-state index is 0. The summed E-state index contributed by atoms with van der Waals surface area (Å²) in [6.45, 7) is 31.7. The molecular formula is C82H118N10O6. The van der Waals surface area contributed by atoms with Crippen LogP contribution in [-0.4, -0.2) is 137 Å². The van der Waals surface area contributed by atoms with Crippen LogP contribution in [0.3, 0.4) is 0 Å². The maximum Gasteiger partial charge on any atom is 0.143 e. The summed E-state index contributed by atoms with van der Waals surface area (Å²) < 4.78 is 12.2. The van der Waals surface area contributed by atoms with E-state index < -0.39 is 0 Å². The van der Waals surface area contributed by atoms with Gasteiger partial charge in [0, 0.05) is 89.8 Å². The van der Waals surface area contributed by atoms with Gasteiger partial charge in [0.2, 0.25) is 0 Å². The van der Waals surface area contributed by atoms with Crippen LogP contribution in [0.25, 0.3) is 0 Å². The molecule has 0 radical (unpaired) electrons. The van der Waals surface area contributed by atoms with Crippen molar-refractivity contribution in [3.63, 3.8) is 0 Å². The van der Waals surface area contributed by atoms with Crippen molar-refractivity contribution in [1.82, 2.24) is 10.6 Å². The Balaban J connectivity index is 0.000000192. The molecule has 12 rings (SSSR count). The lowest BCUT2D eigenvalue weighted by Gasteiger charge is -2.22. The molecule has 7 aromatic carbocycles. The highest BCUT2D eigenvalue weighted by molar-refractivity contribution is 5.79. The molecule has 7 aromatic rings. The summed E-state index contributed by atoms with van der Waals surface area (Å²) in [6.07, 6.45) is 10.7. The fourth-order valence-electron chi connectivity index (χ4n) is 12.8. The lowest BCUT2D eigenvalue weighted by Crippen LogP contribution is -2.28. The highest BCUT2D eigenvalue weighted by Crippen LogP contribution is 2.41. The number of aromatic hydroxyl groups is 3. The second-order valence-corrected chi connectivity index (χ2v) is 26.4. The molecule has 532 valence electrons. The lowest BCUT2D eigenvalue weighted by molar-refractivity contribution is -0.115. The SMILES string of the molecule is C.CC(C)=NCCCN1CCc2cccc(OCc3ccccc3)c21.CC(C)=O.CC(C)NCCCN1CCc2cccc(O)c21.CC(C)NCCCN1CCc2cccc(O)c21.NCCCN1CCc2cccc(O)c21.NCCCN1CCc2cccc(OCc3ccccc3)c21. The Bertz CT molecular complexity index is 3390. The Hall–Kier alpha value is -8.28. The van der Waals surface area contributed by atoms with Crippen LogP contribution >= 0.6 is 0 Å². The Morgan fingerprint density at radius 1 is 0.429 bits per heavy atom. The first-order valence-corrected chi connectivity index (χ1v) is 35.6. The number of phenolic OH excluding ortho intramolecular Hbond substituents is 3.